The minimum atomic E-state index is -0.272. The fourth-order valence-electron chi connectivity index (χ4n) is 1.95. The topological polar surface area (TPSA) is 64.6 Å². The molecule has 0 radical (unpaired) electrons. The third kappa shape index (κ3) is 4.09. The quantitative estimate of drug-likeness (QED) is 0.796. The molecule has 0 aliphatic heterocycles. The van der Waals surface area contributed by atoms with E-state index >= 15 is 0 Å². The van der Waals surface area contributed by atoms with E-state index in [9.17, 15) is 9.59 Å². The lowest BCUT2D eigenvalue weighted by molar-refractivity contribution is -0.123. The lowest BCUT2D eigenvalue weighted by Gasteiger charge is -2.11. The minimum Gasteiger partial charge on any atom is -0.496 e. The highest BCUT2D eigenvalue weighted by atomic mass is 16.5. The molecule has 2 rings (SSSR count). The minimum absolute atomic E-state index is 0.153. The molecule has 22 heavy (non-hydrogen) atoms. The molecule has 0 atom stereocenters. The van der Waals surface area contributed by atoms with E-state index in [0.29, 0.717) is 24.1 Å². The molecule has 5 heteroatoms. The smallest absolute Gasteiger partial charge is 0.258 e. The number of nitrogens with one attached hydrogen (secondary N) is 1. The highest BCUT2D eigenvalue weighted by Gasteiger charge is 2.07. The molecule has 0 bridgehead atoms. The zero-order valence-electron chi connectivity index (χ0n) is 12.2. The molecular formula is C17H17NO4. The van der Waals surface area contributed by atoms with E-state index in [1.807, 2.05) is 24.3 Å². The normalized spacial score (nSPS) is 9.86. The summed E-state index contributed by atoms with van der Waals surface area (Å²) < 4.78 is 10.6. The summed E-state index contributed by atoms with van der Waals surface area (Å²) >= 11 is 0. The fourth-order valence-corrected chi connectivity index (χ4v) is 1.95. The molecule has 2 aromatic rings. The molecule has 0 fully saturated rings. The Balaban J connectivity index is 1.87. The Hall–Kier alpha value is -2.82. The van der Waals surface area contributed by atoms with Gasteiger partial charge in [0.05, 0.1) is 12.7 Å². The molecule has 0 unspecified atom stereocenters. The molecule has 0 saturated carbocycles. The monoisotopic (exact) mass is 299 g/mol. The first-order chi connectivity index (χ1) is 10.7. The van der Waals surface area contributed by atoms with Crippen molar-refractivity contribution in [2.45, 2.75) is 6.54 Å². The second kappa shape index (κ2) is 7.83. The van der Waals surface area contributed by atoms with Crippen LogP contribution in [0.4, 0.5) is 0 Å². The van der Waals surface area contributed by atoms with Gasteiger partial charge in [-0.3, -0.25) is 9.59 Å². The maximum atomic E-state index is 11.8. The third-order valence-electron chi connectivity index (χ3n) is 3.07. The average Bonchev–Trinajstić information content (AvgIpc) is 2.58. The van der Waals surface area contributed by atoms with Gasteiger partial charge in [-0.25, -0.2) is 0 Å². The van der Waals surface area contributed by atoms with Crippen LogP contribution in [0.15, 0.2) is 48.5 Å². The van der Waals surface area contributed by atoms with Crippen LogP contribution in [0.2, 0.25) is 0 Å². The Kier molecular flexibility index (Phi) is 5.54. The van der Waals surface area contributed by atoms with Crippen LogP contribution in [0.1, 0.15) is 15.9 Å². The van der Waals surface area contributed by atoms with E-state index in [2.05, 4.69) is 5.32 Å². The molecule has 0 aromatic heterocycles. The highest BCUT2D eigenvalue weighted by Crippen LogP contribution is 2.17. The first-order valence-corrected chi connectivity index (χ1v) is 6.80. The molecule has 5 nitrogen and oxygen atoms in total. The van der Waals surface area contributed by atoms with Gasteiger partial charge in [0.25, 0.3) is 5.91 Å². The van der Waals surface area contributed by atoms with Gasteiger partial charge in [0.2, 0.25) is 0 Å². The summed E-state index contributed by atoms with van der Waals surface area (Å²) in [6, 6.07) is 14.2. The van der Waals surface area contributed by atoms with E-state index in [4.69, 9.17) is 9.47 Å². The van der Waals surface area contributed by atoms with E-state index in [0.717, 1.165) is 11.3 Å². The van der Waals surface area contributed by atoms with Crippen LogP contribution in [0.25, 0.3) is 0 Å². The summed E-state index contributed by atoms with van der Waals surface area (Å²) in [7, 11) is 1.58. The van der Waals surface area contributed by atoms with Crippen molar-refractivity contribution in [2.75, 3.05) is 13.7 Å². The molecule has 1 N–H and O–H groups in total. The number of carbonyl (C=O) groups excluding carboxylic acids is 2. The van der Waals surface area contributed by atoms with Gasteiger partial charge in [-0.2, -0.15) is 0 Å². The van der Waals surface area contributed by atoms with Crippen LogP contribution in [-0.2, 0) is 11.3 Å². The van der Waals surface area contributed by atoms with E-state index in [-0.39, 0.29) is 12.5 Å². The number of rotatable bonds is 7. The molecule has 0 aliphatic carbocycles. The van der Waals surface area contributed by atoms with E-state index in [1.54, 1.807) is 31.4 Å². The predicted molar refractivity (Wildman–Crippen MR) is 82.2 cm³/mol. The van der Waals surface area contributed by atoms with Gasteiger partial charge in [-0.1, -0.05) is 30.3 Å². The molecule has 114 valence electrons. The van der Waals surface area contributed by atoms with E-state index < -0.39 is 0 Å². The van der Waals surface area contributed by atoms with Crippen molar-refractivity contribution >= 4 is 12.2 Å². The van der Waals surface area contributed by atoms with Gasteiger partial charge < -0.3 is 14.8 Å². The Morgan fingerprint density at radius 2 is 1.77 bits per heavy atom. The predicted octanol–water partition coefficient (Wildman–Crippen LogP) is 2.20. The van der Waals surface area contributed by atoms with Crippen molar-refractivity contribution < 1.29 is 19.1 Å². The molecule has 2 aromatic carbocycles. The Morgan fingerprint density at radius 1 is 1.09 bits per heavy atom. The van der Waals surface area contributed by atoms with Crippen molar-refractivity contribution in [2.24, 2.45) is 0 Å². The van der Waals surface area contributed by atoms with Crippen LogP contribution >= 0.6 is 0 Å². The fraction of sp³-hybridized carbons (Fsp3) is 0.176. The van der Waals surface area contributed by atoms with Crippen molar-refractivity contribution in [1.29, 1.82) is 0 Å². The number of benzene rings is 2. The van der Waals surface area contributed by atoms with Crippen LogP contribution in [0, 0.1) is 0 Å². The number of para-hydroxylation sites is 2. The molecular weight excluding hydrogens is 282 g/mol. The first kappa shape index (κ1) is 15.6. The van der Waals surface area contributed by atoms with Crippen molar-refractivity contribution in [3.05, 3.63) is 59.7 Å². The third-order valence-corrected chi connectivity index (χ3v) is 3.07. The molecule has 0 aliphatic rings. The zero-order chi connectivity index (χ0) is 15.8. The van der Waals surface area contributed by atoms with Crippen molar-refractivity contribution in [3.63, 3.8) is 0 Å². The Morgan fingerprint density at radius 3 is 2.50 bits per heavy atom. The number of carbonyl (C=O) groups is 2. The lowest BCUT2D eigenvalue weighted by atomic mass is 10.2. The maximum absolute atomic E-state index is 11.8. The van der Waals surface area contributed by atoms with Gasteiger partial charge in [0.15, 0.2) is 12.9 Å². The van der Waals surface area contributed by atoms with Crippen molar-refractivity contribution in [1.82, 2.24) is 5.32 Å². The molecule has 0 spiro atoms. The van der Waals surface area contributed by atoms with Gasteiger partial charge in [-0.05, 0) is 18.2 Å². The van der Waals surface area contributed by atoms with Crippen molar-refractivity contribution in [3.8, 4) is 11.5 Å². The zero-order valence-corrected chi connectivity index (χ0v) is 12.2. The summed E-state index contributed by atoms with van der Waals surface area (Å²) in [5.74, 6) is 0.839. The largest absolute Gasteiger partial charge is 0.496 e. The number of aldehydes is 1. The number of ether oxygens (including phenoxy) is 2. The standard InChI is InChI=1S/C17H17NO4/c1-21-15-8-4-2-6-13(15)10-18-17(20)12-22-16-9-5-3-7-14(16)11-19/h2-9,11H,10,12H2,1H3,(H,18,20). The first-order valence-electron chi connectivity index (χ1n) is 6.80. The second-order valence-corrected chi connectivity index (χ2v) is 4.53. The highest BCUT2D eigenvalue weighted by molar-refractivity contribution is 5.80. The summed E-state index contributed by atoms with van der Waals surface area (Å²) in [5, 5.41) is 2.75. The Labute approximate surface area is 128 Å². The van der Waals surface area contributed by atoms with Crippen LogP contribution < -0.4 is 14.8 Å². The SMILES string of the molecule is COc1ccccc1CNC(=O)COc1ccccc1C=O. The average molecular weight is 299 g/mol. The number of hydrogen-bond donors (Lipinski definition) is 1. The van der Waals surface area contributed by atoms with Gasteiger partial charge in [-0.15, -0.1) is 0 Å². The number of hydrogen-bond acceptors (Lipinski definition) is 4. The van der Waals surface area contributed by atoms with Crippen LogP contribution in [0.3, 0.4) is 0 Å². The summed E-state index contributed by atoms with van der Waals surface area (Å²) in [6.45, 7) is 0.196. The van der Waals surface area contributed by atoms with E-state index in [1.165, 1.54) is 0 Å². The second-order valence-electron chi connectivity index (χ2n) is 4.53. The number of amides is 1. The molecule has 0 heterocycles. The van der Waals surface area contributed by atoms with Gasteiger partial charge in [0.1, 0.15) is 11.5 Å². The Bertz CT molecular complexity index is 655. The van der Waals surface area contributed by atoms with Gasteiger partial charge in [0, 0.05) is 12.1 Å². The molecule has 1 amide bonds. The lowest BCUT2D eigenvalue weighted by Crippen LogP contribution is -2.28. The summed E-state index contributed by atoms with van der Waals surface area (Å²) in [4.78, 5) is 22.7. The van der Waals surface area contributed by atoms with Crippen LogP contribution in [-0.4, -0.2) is 25.9 Å². The van der Waals surface area contributed by atoms with Gasteiger partial charge >= 0.3 is 0 Å². The molecule has 0 saturated heterocycles. The number of methoxy groups -OCH3 is 1. The maximum Gasteiger partial charge on any atom is 0.258 e. The summed E-state index contributed by atoms with van der Waals surface area (Å²) in [6.07, 6.45) is 0.696. The summed E-state index contributed by atoms with van der Waals surface area (Å²) in [5.41, 5.74) is 1.30. The van der Waals surface area contributed by atoms with Crippen LogP contribution in [0.5, 0.6) is 11.5 Å².